The quantitative estimate of drug-likeness (QED) is 0.860. The summed E-state index contributed by atoms with van der Waals surface area (Å²) in [5, 5.41) is 0. The molecule has 0 spiro atoms. The maximum Gasteiger partial charge on any atom is 0.259 e. The summed E-state index contributed by atoms with van der Waals surface area (Å²) in [6.07, 6.45) is 2.01. The molecule has 1 fully saturated rings. The van der Waals surface area contributed by atoms with Crippen molar-refractivity contribution in [3.63, 3.8) is 0 Å². The Morgan fingerprint density at radius 3 is 2.67 bits per heavy atom. The molecule has 0 aliphatic carbocycles. The molecule has 1 heterocycles. The Morgan fingerprint density at radius 2 is 2.10 bits per heavy atom. The molecule has 5 nitrogen and oxygen atoms in total. The molecule has 1 aliphatic heterocycles. The summed E-state index contributed by atoms with van der Waals surface area (Å²) in [6, 6.07) is 5.58. The van der Waals surface area contributed by atoms with Crippen LogP contribution < -0.4 is 10.5 Å². The fourth-order valence-electron chi connectivity index (χ4n) is 2.91. The van der Waals surface area contributed by atoms with Crippen LogP contribution in [0.4, 0.5) is 5.69 Å². The second-order valence-corrected chi connectivity index (χ2v) is 5.51. The standard InChI is InChI=1S/C16H25N3O2/c1-4-19-10-8-12(9-11-19)18(2)16(20)15-13(17)6-5-7-14(15)21-3/h5-7,12H,4,8-11,17H2,1-3H3. The Bertz CT molecular complexity index is 496. The number of nitrogen functional groups attached to an aromatic ring is 1. The van der Waals surface area contributed by atoms with Gasteiger partial charge in [0.25, 0.3) is 5.91 Å². The second-order valence-electron chi connectivity index (χ2n) is 5.51. The summed E-state index contributed by atoms with van der Waals surface area (Å²) in [5.41, 5.74) is 6.92. The van der Waals surface area contributed by atoms with Crippen LogP contribution in [0, 0.1) is 0 Å². The molecule has 0 bridgehead atoms. The van der Waals surface area contributed by atoms with Gasteiger partial charge in [-0.3, -0.25) is 4.79 Å². The van der Waals surface area contributed by atoms with Gasteiger partial charge in [0.1, 0.15) is 11.3 Å². The first-order valence-electron chi connectivity index (χ1n) is 7.50. The molecule has 2 rings (SSSR count). The van der Waals surface area contributed by atoms with E-state index in [0.29, 0.717) is 17.0 Å². The predicted molar refractivity (Wildman–Crippen MR) is 84.6 cm³/mol. The lowest BCUT2D eigenvalue weighted by Gasteiger charge is -2.36. The van der Waals surface area contributed by atoms with Crippen LogP contribution >= 0.6 is 0 Å². The van der Waals surface area contributed by atoms with Crippen LogP contribution in [-0.4, -0.2) is 55.5 Å². The minimum absolute atomic E-state index is 0.0556. The van der Waals surface area contributed by atoms with Gasteiger partial charge in [0.2, 0.25) is 0 Å². The summed E-state index contributed by atoms with van der Waals surface area (Å²) in [6.45, 7) is 5.33. The van der Waals surface area contributed by atoms with Gasteiger partial charge < -0.3 is 20.3 Å². The monoisotopic (exact) mass is 291 g/mol. The van der Waals surface area contributed by atoms with Crippen LogP contribution in [0.3, 0.4) is 0 Å². The average molecular weight is 291 g/mol. The van der Waals surface area contributed by atoms with E-state index < -0.39 is 0 Å². The number of methoxy groups -OCH3 is 1. The molecule has 1 amide bonds. The van der Waals surface area contributed by atoms with Crippen molar-refractivity contribution in [2.45, 2.75) is 25.8 Å². The Kier molecular flexibility index (Phi) is 5.07. The molecular weight excluding hydrogens is 266 g/mol. The molecule has 1 saturated heterocycles. The van der Waals surface area contributed by atoms with E-state index in [9.17, 15) is 4.79 Å². The zero-order valence-corrected chi connectivity index (χ0v) is 13.1. The van der Waals surface area contributed by atoms with Crippen molar-refractivity contribution in [3.05, 3.63) is 23.8 Å². The van der Waals surface area contributed by atoms with Gasteiger partial charge in [-0.1, -0.05) is 13.0 Å². The molecule has 1 aromatic carbocycles. The smallest absolute Gasteiger partial charge is 0.259 e. The van der Waals surface area contributed by atoms with Gasteiger partial charge in [-0.2, -0.15) is 0 Å². The van der Waals surface area contributed by atoms with E-state index in [4.69, 9.17) is 10.5 Å². The number of piperidine rings is 1. The van der Waals surface area contributed by atoms with Crippen LogP contribution in [0.5, 0.6) is 5.75 Å². The number of nitrogens with zero attached hydrogens (tertiary/aromatic N) is 2. The van der Waals surface area contributed by atoms with Crippen LogP contribution in [-0.2, 0) is 0 Å². The summed E-state index contributed by atoms with van der Waals surface area (Å²) in [5.74, 6) is 0.484. The fourth-order valence-corrected chi connectivity index (χ4v) is 2.91. The third-order valence-corrected chi connectivity index (χ3v) is 4.36. The number of ether oxygens (including phenoxy) is 1. The lowest BCUT2D eigenvalue weighted by atomic mass is 10.0. The number of likely N-dealkylation sites (tertiary alicyclic amines) is 1. The van der Waals surface area contributed by atoms with Crippen molar-refractivity contribution < 1.29 is 9.53 Å². The van der Waals surface area contributed by atoms with Gasteiger partial charge in [0.15, 0.2) is 0 Å². The highest BCUT2D eigenvalue weighted by molar-refractivity contribution is 6.01. The molecular formula is C16H25N3O2. The SMILES string of the molecule is CCN1CCC(N(C)C(=O)c2c(N)cccc2OC)CC1. The third kappa shape index (κ3) is 3.29. The highest BCUT2D eigenvalue weighted by Crippen LogP contribution is 2.27. The lowest BCUT2D eigenvalue weighted by molar-refractivity contribution is 0.0645. The fraction of sp³-hybridized carbons (Fsp3) is 0.562. The summed E-state index contributed by atoms with van der Waals surface area (Å²) in [4.78, 5) is 17.0. The molecule has 0 radical (unpaired) electrons. The van der Waals surface area contributed by atoms with Crippen molar-refractivity contribution in [1.29, 1.82) is 0 Å². The van der Waals surface area contributed by atoms with E-state index in [1.165, 1.54) is 0 Å². The number of benzene rings is 1. The van der Waals surface area contributed by atoms with Crippen molar-refractivity contribution in [2.75, 3.05) is 39.5 Å². The average Bonchev–Trinajstić information content (AvgIpc) is 2.53. The summed E-state index contributed by atoms with van der Waals surface area (Å²) >= 11 is 0. The minimum Gasteiger partial charge on any atom is -0.496 e. The van der Waals surface area contributed by atoms with Gasteiger partial charge in [0.05, 0.1) is 7.11 Å². The zero-order chi connectivity index (χ0) is 15.4. The molecule has 0 atom stereocenters. The van der Waals surface area contributed by atoms with Crippen molar-refractivity contribution in [3.8, 4) is 5.75 Å². The number of hydrogen-bond acceptors (Lipinski definition) is 4. The molecule has 2 N–H and O–H groups in total. The first kappa shape index (κ1) is 15.6. The number of carbonyl (C=O) groups is 1. The summed E-state index contributed by atoms with van der Waals surface area (Å²) in [7, 11) is 3.42. The first-order valence-corrected chi connectivity index (χ1v) is 7.50. The van der Waals surface area contributed by atoms with Crippen molar-refractivity contribution in [1.82, 2.24) is 9.80 Å². The molecule has 21 heavy (non-hydrogen) atoms. The predicted octanol–water partition coefficient (Wildman–Crippen LogP) is 1.83. The van der Waals surface area contributed by atoms with Crippen LogP contribution in [0.1, 0.15) is 30.1 Å². The Hall–Kier alpha value is -1.75. The summed E-state index contributed by atoms with van der Waals surface area (Å²) < 4.78 is 5.28. The zero-order valence-electron chi connectivity index (χ0n) is 13.1. The molecule has 1 aliphatic rings. The molecule has 116 valence electrons. The highest BCUT2D eigenvalue weighted by Gasteiger charge is 2.27. The second kappa shape index (κ2) is 6.80. The number of carbonyl (C=O) groups excluding carboxylic acids is 1. The van der Waals surface area contributed by atoms with Gasteiger partial charge in [0, 0.05) is 31.9 Å². The first-order chi connectivity index (χ1) is 10.1. The van der Waals surface area contributed by atoms with Gasteiger partial charge in [-0.05, 0) is 31.5 Å². The van der Waals surface area contributed by atoms with E-state index in [0.717, 1.165) is 32.5 Å². The van der Waals surface area contributed by atoms with Crippen molar-refractivity contribution >= 4 is 11.6 Å². The van der Waals surface area contributed by atoms with Crippen LogP contribution in [0.15, 0.2) is 18.2 Å². The Morgan fingerprint density at radius 1 is 1.43 bits per heavy atom. The third-order valence-electron chi connectivity index (χ3n) is 4.36. The largest absolute Gasteiger partial charge is 0.496 e. The number of amides is 1. The number of anilines is 1. The Labute approximate surface area is 126 Å². The van der Waals surface area contributed by atoms with Gasteiger partial charge in [-0.15, -0.1) is 0 Å². The Balaban J connectivity index is 2.13. The highest BCUT2D eigenvalue weighted by atomic mass is 16.5. The van der Waals surface area contributed by atoms with E-state index >= 15 is 0 Å². The van der Waals surface area contributed by atoms with E-state index in [2.05, 4.69) is 11.8 Å². The van der Waals surface area contributed by atoms with Gasteiger partial charge in [-0.25, -0.2) is 0 Å². The van der Waals surface area contributed by atoms with Crippen LogP contribution in [0.2, 0.25) is 0 Å². The molecule has 0 unspecified atom stereocenters. The topological polar surface area (TPSA) is 58.8 Å². The van der Waals surface area contributed by atoms with Crippen LogP contribution in [0.25, 0.3) is 0 Å². The minimum atomic E-state index is -0.0556. The molecule has 1 aromatic rings. The van der Waals surface area contributed by atoms with E-state index in [1.807, 2.05) is 11.9 Å². The molecule has 5 heteroatoms. The molecule has 0 saturated carbocycles. The lowest BCUT2D eigenvalue weighted by Crippen LogP contribution is -2.45. The maximum absolute atomic E-state index is 12.7. The van der Waals surface area contributed by atoms with E-state index in [-0.39, 0.29) is 11.9 Å². The van der Waals surface area contributed by atoms with Gasteiger partial charge >= 0.3 is 0 Å². The number of rotatable bonds is 4. The normalized spacial score (nSPS) is 16.7. The van der Waals surface area contributed by atoms with E-state index in [1.54, 1.807) is 25.3 Å². The molecule has 0 aromatic heterocycles. The number of hydrogen-bond donors (Lipinski definition) is 1. The number of nitrogens with two attached hydrogens (primary N) is 1. The maximum atomic E-state index is 12.7. The van der Waals surface area contributed by atoms with Crippen molar-refractivity contribution in [2.24, 2.45) is 0 Å².